The minimum absolute atomic E-state index is 0.114. The lowest BCUT2D eigenvalue weighted by Crippen LogP contribution is -2.36. The first kappa shape index (κ1) is 24.1. The number of amides is 2. The highest BCUT2D eigenvalue weighted by molar-refractivity contribution is 6.04. The number of benzene rings is 3. The highest BCUT2D eigenvalue weighted by Crippen LogP contribution is 2.20. The second-order valence-electron chi connectivity index (χ2n) is 8.04. The Labute approximate surface area is 205 Å². The van der Waals surface area contributed by atoms with Gasteiger partial charge in [-0.15, -0.1) is 0 Å². The van der Waals surface area contributed by atoms with E-state index in [1.54, 1.807) is 36.4 Å². The summed E-state index contributed by atoms with van der Waals surface area (Å²) < 4.78 is 10.8. The molecule has 0 spiro atoms. The summed E-state index contributed by atoms with van der Waals surface area (Å²) in [4.78, 5) is 27.1. The zero-order valence-electron chi connectivity index (χ0n) is 19.8. The monoisotopic (exact) mass is 474 g/mol. The molecule has 1 saturated heterocycles. The fourth-order valence-electron chi connectivity index (χ4n) is 3.71. The highest BCUT2D eigenvalue weighted by Gasteiger charge is 2.11. The Bertz CT molecular complexity index is 1110. The third-order valence-corrected chi connectivity index (χ3v) is 5.55. The normalized spacial score (nSPS) is 13.1. The number of morpholine rings is 1. The molecule has 3 aromatic rings. The van der Waals surface area contributed by atoms with Gasteiger partial charge >= 0.3 is 0 Å². The fourth-order valence-corrected chi connectivity index (χ4v) is 3.71. The Morgan fingerprint density at radius 3 is 2.09 bits per heavy atom. The van der Waals surface area contributed by atoms with Gasteiger partial charge in [-0.05, 0) is 79.7 Å². The summed E-state index contributed by atoms with van der Waals surface area (Å²) in [6.07, 6.45) is 0. The molecule has 35 heavy (non-hydrogen) atoms. The second-order valence-corrected chi connectivity index (χ2v) is 8.04. The number of ether oxygens (including phenoxy) is 2. The van der Waals surface area contributed by atoms with E-state index in [4.69, 9.17) is 9.47 Å². The SMILES string of the molecule is CCOc1ccc(NC(=O)c2ccc(NCC(=O)Nc3ccc(N4CCOCC4)cc3)cc2)cc1. The quantitative estimate of drug-likeness (QED) is 0.430. The molecule has 0 bridgehead atoms. The van der Waals surface area contributed by atoms with Crippen LogP contribution in [-0.2, 0) is 9.53 Å². The third kappa shape index (κ3) is 6.97. The molecule has 1 heterocycles. The van der Waals surface area contributed by atoms with Gasteiger partial charge in [-0.3, -0.25) is 9.59 Å². The molecule has 1 aliphatic heterocycles. The third-order valence-electron chi connectivity index (χ3n) is 5.55. The van der Waals surface area contributed by atoms with Crippen LogP contribution >= 0.6 is 0 Å². The first-order chi connectivity index (χ1) is 17.1. The van der Waals surface area contributed by atoms with E-state index in [0.717, 1.165) is 49.1 Å². The van der Waals surface area contributed by atoms with Crippen LogP contribution in [0.25, 0.3) is 0 Å². The van der Waals surface area contributed by atoms with Crippen molar-refractivity contribution < 1.29 is 19.1 Å². The Kier molecular flexibility index (Phi) is 8.19. The molecule has 2 amide bonds. The smallest absolute Gasteiger partial charge is 0.255 e. The molecular formula is C27H30N4O4. The number of hydrogen-bond donors (Lipinski definition) is 3. The summed E-state index contributed by atoms with van der Waals surface area (Å²) in [5, 5.41) is 8.84. The van der Waals surface area contributed by atoms with Crippen LogP contribution in [0.5, 0.6) is 5.75 Å². The van der Waals surface area contributed by atoms with Gasteiger partial charge in [0.05, 0.1) is 26.4 Å². The van der Waals surface area contributed by atoms with Crippen LogP contribution in [0, 0.1) is 0 Å². The Morgan fingerprint density at radius 2 is 1.43 bits per heavy atom. The van der Waals surface area contributed by atoms with Crippen molar-refractivity contribution in [3.8, 4) is 5.75 Å². The Hall–Kier alpha value is -4.04. The number of hydrogen-bond acceptors (Lipinski definition) is 6. The Balaban J connectivity index is 1.23. The van der Waals surface area contributed by atoms with Gasteiger partial charge in [-0.2, -0.15) is 0 Å². The molecule has 3 aromatic carbocycles. The molecule has 4 rings (SSSR count). The van der Waals surface area contributed by atoms with Crippen LogP contribution in [0.3, 0.4) is 0 Å². The van der Waals surface area contributed by atoms with Crippen molar-refractivity contribution in [2.24, 2.45) is 0 Å². The zero-order chi connectivity index (χ0) is 24.5. The molecule has 3 N–H and O–H groups in total. The summed E-state index contributed by atoms with van der Waals surface area (Å²) >= 11 is 0. The van der Waals surface area contributed by atoms with Crippen molar-refractivity contribution in [3.63, 3.8) is 0 Å². The molecule has 182 valence electrons. The Morgan fingerprint density at radius 1 is 0.829 bits per heavy atom. The van der Waals surface area contributed by atoms with Crippen LogP contribution in [0.15, 0.2) is 72.8 Å². The van der Waals surface area contributed by atoms with Gasteiger partial charge in [0.15, 0.2) is 0 Å². The summed E-state index contributed by atoms with van der Waals surface area (Å²) in [5.41, 5.74) is 3.83. The van der Waals surface area contributed by atoms with E-state index in [0.29, 0.717) is 17.9 Å². The number of carbonyl (C=O) groups excluding carboxylic acids is 2. The molecular weight excluding hydrogens is 444 g/mol. The maximum absolute atomic E-state index is 12.5. The molecule has 1 fully saturated rings. The first-order valence-corrected chi connectivity index (χ1v) is 11.7. The van der Waals surface area contributed by atoms with Crippen molar-refractivity contribution in [2.45, 2.75) is 6.92 Å². The maximum Gasteiger partial charge on any atom is 0.255 e. The number of carbonyl (C=O) groups is 2. The lowest BCUT2D eigenvalue weighted by Gasteiger charge is -2.28. The molecule has 0 aliphatic carbocycles. The van der Waals surface area contributed by atoms with E-state index < -0.39 is 0 Å². The predicted molar refractivity (Wildman–Crippen MR) is 139 cm³/mol. The fraction of sp³-hybridized carbons (Fsp3) is 0.259. The van der Waals surface area contributed by atoms with Gasteiger partial charge in [0, 0.05) is 41.4 Å². The summed E-state index contributed by atoms with van der Waals surface area (Å²) in [5.74, 6) is 0.399. The molecule has 8 heteroatoms. The van der Waals surface area contributed by atoms with E-state index in [1.807, 2.05) is 43.3 Å². The van der Waals surface area contributed by atoms with Crippen LogP contribution in [0.4, 0.5) is 22.7 Å². The van der Waals surface area contributed by atoms with Crippen molar-refractivity contribution in [1.29, 1.82) is 0 Å². The van der Waals surface area contributed by atoms with Crippen molar-refractivity contribution in [1.82, 2.24) is 0 Å². The zero-order valence-corrected chi connectivity index (χ0v) is 19.8. The van der Waals surface area contributed by atoms with Gasteiger partial charge < -0.3 is 30.3 Å². The summed E-state index contributed by atoms with van der Waals surface area (Å²) in [6.45, 7) is 5.84. The summed E-state index contributed by atoms with van der Waals surface area (Å²) in [6, 6.07) is 22.0. The van der Waals surface area contributed by atoms with Crippen molar-refractivity contribution in [3.05, 3.63) is 78.4 Å². The first-order valence-electron chi connectivity index (χ1n) is 11.7. The minimum atomic E-state index is -0.209. The van der Waals surface area contributed by atoms with Crippen LogP contribution in [0.1, 0.15) is 17.3 Å². The van der Waals surface area contributed by atoms with Gasteiger partial charge in [0.1, 0.15) is 5.75 Å². The van der Waals surface area contributed by atoms with Gasteiger partial charge in [0.25, 0.3) is 5.91 Å². The second kappa shape index (κ2) is 11.9. The van der Waals surface area contributed by atoms with E-state index in [9.17, 15) is 9.59 Å². The average Bonchev–Trinajstić information content (AvgIpc) is 2.90. The number of rotatable bonds is 9. The minimum Gasteiger partial charge on any atom is -0.494 e. The standard InChI is InChI=1S/C27H30N4O4/c1-2-35-25-13-9-23(10-14-25)30-27(33)20-3-5-21(6-4-20)28-19-26(32)29-22-7-11-24(12-8-22)31-15-17-34-18-16-31/h3-14,28H,2,15-19H2,1H3,(H,29,32)(H,30,33). The van der Waals surface area contributed by atoms with E-state index in [2.05, 4.69) is 20.9 Å². The predicted octanol–water partition coefficient (Wildman–Crippen LogP) is 4.22. The van der Waals surface area contributed by atoms with Gasteiger partial charge in [-0.25, -0.2) is 0 Å². The molecule has 8 nitrogen and oxygen atoms in total. The van der Waals surface area contributed by atoms with E-state index in [-0.39, 0.29) is 18.4 Å². The number of nitrogens with zero attached hydrogens (tertiary/aromatic N) is 1. The molecule has 0 atom stereocenters. The molecule has 0 aromatic heterocycles. The molecule has 0 radical (unpaired) electrons. The number of anilines is 4. The lowest BCUT2D eigenvalue weighted by molar-refractivity contribution is -0.114. The van der Waals surface area contributed by atoms with E-state index >= 15 is 0 Å². The topological polar surface area (TPSA) is 91.9 Å². The van der Waals surface area contributed by atoms with Crippen LogP contribution in [-0.4, -0.2) is 51.3 Å². The number of nitrogens with one attached hydrogen (secondary N) is 3. The van der Waals surface area contributed by atoms with Crippen LogP contribution < -0.4 is 25.6 Å². The molecule has 1 aliphatic rings. The average molecular weight is 475 g/mol. The maximum atomic E-state index is 12.5. The lowest BCUT2D eigenvalue weighted by atomic mass is 10.2. The highest BCUT2D eigenvalue weighted by atomic mass is 16.5. The largest absolute Gasteiger partial charge is 0.494 e. The van der Waals surface area contributed by atoms with Crippen LogP contribution in [0.2, 0.25) is 0 Å². The van der Waals surface area contributed by atoms with Crippen molar-refractivity contribution >= 4 is 34.6 Å². The summed E-state index contributed by atoms with van der Waals surface area (Å²) in [7, 11) is 0. The molecule has 0 saturated carbocycles. The molecule has 0 unspecified atom stereocenters. The van der Waals surface area contributed by atoms with Gasteiger partial charge in [0.2, 0.25) is 5.91 Å². The van der Waals surface area contributed by atoms with Crippen molar-refractivity contribution in [2.75, 3.05) is 60.3 Å². The van der Waals surface area contributed by atoms with Gasteiger partial charge in [-0.1, -0.05) is 0 Å². The van der Waals surface area contributed by atoms with E-state index in [1.165, 1.54) is 0 Å².